The zero-order chi connectivity index (χ0) is 14.9. The van der Waals surface area contributed by atoms with Crippen molar-refractivity contribution in [2.75, 3.05) is 12.3 Å². The summed E-state index contributed by atoms with van der Waals surface area (Å²) in [7, 11) is -2.97. The zero-order valence-corrected chi connectivity index (χ0v) is 13.3. The molecule has 2 heterocycles. The largest absolute Gasteiger partial charge is 0.353 e. The molecule has 4 unspecified atom stereocenters. The quantitative estimate of drug-likeness (QED) is 0.814. The number of hydrogen-bond acceptors (Lipinski definition) is 4. The monoisotopic (exact) mass is 314 g/mol. The Bertz CT molecular complexity index is 491. The van der Waals surface area contributed by atoms with Gasteiger partial charge in [-0.1, -0.05) is 12.8 Å². The summed E-state index contributed by atoms with van der Waals surface area (Å²) in [5, 5.41) is 5.99. The van der Waals surface area contributed by atoms with Crippen LogP contribution in [-0.2, 0) is 14.6 Å². The van der Waals surface area contributed by atoms with Crippen molar-refractivity contribution in [3.05, 3.63) is 0 Å². The Morgan fingerprint density at radius 1 is 1.05 bits per heavy atom. The third-order valence-corrected chi connectivity index (χ3v) is 7.71. The van der Waals surface area contributed by atoms with Gasteiger partial charge in [-0.05, 0) is 44.4 Å². The van der Waals surface area contributed by atoms with Gasteiger partial charge in [0.15, 0.2) is 9.84 Å². The Labute approximate surface area is 127 Å². The van der Waals surface area contributed by atoms with Gasteiger partial charge in [-0.15, -0.1) is 0 Å². The highest BCUT2D eigenvalue weighted by molar-refractivity contribution is 7.92. The fourth-order valence-electron chi connectivity index (χ4n) is 4.13. The smallest absolute Gasteiger partial charge is 0.237 e. The second-order valence-corrected chi connectivity index (χ2v) is 9.22. The molecule has 3 rings (SSSR count). The van der Waals surface area contributed by atoms with Crippen molar-refractivity contribution in [1.82, 2.24) is 10.6 Å². The molecule has 0 aromatic heterocycles. The maximum absolute atomic E-state index is 12.3. The van der Waals surface area contributed by atoms with Crippen molar-refractivity contribution >= 4 is 15.7 Å². The fraction of sp³-hybridized carbons (Fsp3) is 0.933. The van der Waals surface area contributed by atoms with Crippen molar-refractivity contribution in [2.24, 2.45) is 5.92 Å². The van der Waals surface area contributed by atoms with E-state index in [4.69, 9.17) is 0 Å². The number of amides is 1. The number of nitrogens with one attached hydrogen (secondary N) is 2. The molecule has 4 atom stereocenters. The Balaban J connectivity index is 1.49. The average molecular weight is 314 g/mol. The summed E-state index contributed by atoms with van der Waals surface area (Å²) in [5.74, 6) is 0.998. The van der Waals surface area contributed by atoms with E-state index in [2.05, 4.69) is 10.6 Å². The second kappa shape index (κ2) is 6.24. The summed E-state index contributed by atoms with van der Waals surface area (Å²) in [6, 6.07) is 0.354. The van der Waals surface area contributed by atoms with E-state index in [9.17, 15) is 13.2 Å². The van der Waals surface area contributed by atoms with Crippen LogP contribution in [0.15, 0.2) is 0 Å². The summed E-state index contributed by atoms with van der Waals surface area (Å²) < 4.78 is 23.5. The Kier molecular flexibility index (Phi) is 4.54. The molecule has 1 saturated carbocycles. The van der Waals surface area contributed by atoms with Gasteiger partial charge in [0.1, 0.15) is 0 Å². The third kappa shape index (κ3) is 3.42. The van der Waals surface area contributed by atoms with Crippen molar-refractivity contribution in [3.63, 3.8) is 0 Å². The van der Waals surface area contributed by atoms with Crippen LogP contribution in [0.3, 0.4) is 0 Å². The summed E-state index contributed by atoms with van der Waals surface area (Å²) >= 11 is 0. The van der Waals surface area contributed by atoms with Crippen LogP contribution in [0.5, 0.6) is 0 Å². The fourth-order valence-corrected chi connectivity index (χ4v) is 5.89. The van der Waals surface area contributed by atoms with Crippen LogP contribution in [0.25, 0.3) is 0 Å². The molecule has 3 aliphatic rings. The highest BCUT2D eigenvalue weighted by atomic mass is 32.2. The Morgan fingerprint density at radius 2 is 1.86 bits per heavy atom. The van der Waals surface area contributed by atoms with E-state index in [0.29, 0.717) is 12.5 Å². The SMILES string of the molecule is O=C(NCC1CCCS1(=O)=O)C1CCC2CCCCC2N1. The van der Waals surface area contributed by atoms with Crippen molar-refractivity contribution < 1.29 is 13.2 Å². The maximum Gasteiger partial charge on any atom is 0.237 e. The van der Waals surface area contributed by atoms with Crippen LogP contribution >= 0.6 is 0 Å². The molecular formula is C15H26N2O3S. The predicted octanol–water partition coefficient (Wildman–Crippen LogP) is 0.991. The van der Waals surface area contributed by atoms with Gasteiger partial charge in [-0.3, -0.25) is 4.79 Å². The summed E-state index contributed by atoms with van der Waals surface area (Å²) in [6.07, 6.45) is 8.45. The lowest BCUT2D eigenvalue weighted by Gasteiger charge is -2.40. The van der Waals surface area contributed by atoms with Gasteiger partial charge in [0.05, 0.1) is 17.0 Å². The summed E-state index contributed by atoms with van der Waals surface area (Å²) in [5.41, 5.74) is 0. The number of carbonyl (C=O) groups excluding carboxylic acids is 1. The molecule has 0 radical (unpaired) electrons. The molecule has 0 aromatic rings. The minimum Gasteiger partial charge on any atom is -0.353 e. The number of piperidine rings is 1. The molecule has 0 spiro atoms. The first-order valence-corrected chi connectivity index (χ1v) is 10.0. The van der Waals surface area contributed by atoms with Crippen LogP contribution in [0.1, 0.15) is 51.4 Å². The molecular weight excluding hydrogens is 288 g/mol. The van der Waals surface area contributed by atoms with Crippen LogP contribution in [0.2, 0.25) is 0 Å². The van der Waals surface area contributed by atoms with E-state index in [-0.39, 0.29) is 29.5 Å². The third-order valence-electron chi connectivity index (χ3n) is 5.43. The molecule has 2 N–H and O–H groups in total. The molecule has 120 valence electrons. The van der Waals surface area contributed by atoms with E-state index < -0.39 is 9.84 Å². The maximum atomic E-state index is 12.3. The number of rotatable bonds is 3. The van der Waals surface area contributed by atoms with Crippen LogP contribution in [-0.4, -0.2) is 44.0 Å². The standard InChI is InChI=1S/C15H26N2O3S/c18-15(16-10-12-5-3-9-21(12,19)20)14-8-7-11-4-1-2-6-13(11)17-14/h11-14,17H,1-10H2,(H,16,18). The van der Waals surface area contributed by atoms with Crippen molar-refractivity contribution in [3.8, 4) is 0 Å². The minimum atomic E-state index is -2.97. The van der Waals surface area contributed by atoms with Crippen molar-refractivity contribution in [2.45, 2.75) is 68.7 Å². The molecule has 3 fully saturated rings. The second-order valence-electron chi connectivity index (χ2n) is 6.82. The molecule has 5 nitrogen and oxygen atoms in total. The molecule has 2 aliphatic heterocycles. The van der Waals surface area contributed by atoms with E-state index >= 15 is 0 Å². The van der Waals surface area contributed by atoms with Crippen LogP contribution < -0.4 is 10.6 Å². The Morgan fingerprint density at radius 3 is 2.62 bits per heavy atom. The van der Waals surface area contributed by atoms with E-state index in [0.717, 1.165) is 25.2 Å². The van der Waals surface area contributed by atoms with Crippen LogP contribution in [0, 0.1) is 5.92 Å². The predicted molar refractivity (Wildman–Crippen MR) is 81.7 cm³/mol. The number of carbonyl (C=O) groups is 1. The molecule has 0 bridgehead atoms. The molecule has 6 heteroatoms. The topological polar surface area (TPSA) is 75.3 Å². The number of fused-ring (bicyclic) bond motifs is 1. The summed E-state index contributed by atoms with van der Waals surface area (Å²) in [6.45, 7) is 0.285. The Hall–Kier alpha value is -0.620. The van der Waals surface area contributed by atoms with Gasteiger partial charge in [0.25, 0.3) is 0 Å². The normalized spacial score (nSPS) is 38.7. The molecule has 1 aliphatic carbocycles. The average Bonchev–Trinajstić information content (AvgIpc) is 2.83. The van der Waals surface area contributed by atoms with Gasteiger partial charge in [0, 0.05) is 12.6 Å². The molecule has 0 aromatic carbocycles. The lowest BCUT2D eigenvalue weighted by Crippen LogP contribution is -2.55. The van der Waals surface area contributed by atoms with Crippen molar-refractivity contribution in [1.29, 1.82) is 0 Å². The minimum absolute atomic E-state index is 0.0128. The lowest BCUT2D eigenvalue weighted by molar-refractivity contribution is -0.124. The molecule has 21 heavy (non-hydrogen) atoms. The molecule has 2 saturated heterocycles. The van der Waals surface area contributed by atoms with Gasteiger partial charge >= 0.3 is 0 Å². The van der Waals surface area contributed by atoms with E-state index in [1.165, 1.54) is 25.7 Å². The van der Waals surface area contributed by atoms with Crippen LogP contribution in [0.4, 0.5) is 0 Å². The number of sulfone groups is 1. The summed E-state index contributed by atoms with van der Waals surface area (Å²) in [4.78, 5) is 12.3. The first-order valence-electron chi connectivity index (χ1n) is 8.31. The van der Waals surface area contributed by atoms with Gasteiger partial charge in [0.2, 0.25) is 5.91 Å². The first-order chi connectivity index (χ1) is 10.1. The lowest BCUT2D eigenvalue weighted by atomic mass is 9.77. The van der Waals surface area contributed by atoms with Gasteiger partial charge < -0.3 is 10.6 Å². The highest BCUT2D eigenvalue weighted by Crippen LogP contribution is 2.32. The highest BCUT2D eigenvalue weighted by Gasteiger charge is 2.36. The van der Waals surface area contributed by atoms with E-state index in [1.807, 2.05) is 0 Å². The van der Waals surface area contributed by atoms with Gasteiger partial charge in [-0.25, -0.2) is 8.42 Å². The number of hydrogen-bond donors (Lipinski definition) is 2. The molecule has 1 amide bonds. The van der Waals surface area contributed by atoms with Gasteiger partial charge in [-0.2, -0.15) is 0 Å². The first kappa shape index (κ1) is 15.3. The zero-order valence-electron chi connectivity index (χ0n) is 12.5. The van der Waals surface area contributed by atoms with E-state index in [1.54, 1.807) is 0 Å².